The Morgan fingerprint density at radius 2 is 0.820 bits per heavy atom. The molecule has 0 saturated heterocycles. The molecule has 0 aliphatic rings. The van der Waals surface area contributed by atoms with Gasteiger partial charge in [-0.15, -0.1) is 0 Å². The highest BCUT2D eigenvalue weighted by Crippen LogP contribution is 2.16. The number of allylic oxidation sites excluding steroid dienone is 5. The highest BCUT2D eigenvalue weighted by Gasteiger charge is 2.20. The van der Waals surface area contributed by atoms with Gasteiger partial charge in [0.25, 0.3) is 0 Å². The molecule has 0 rings (SSSR count). The maximum absolute atomic E-state index is 12.4. The van der Waals surface area contributed by atoms with Gasteiger partial charge in [-0.3, -0.25) is 9.59 Å². The van der Waals surface area contributed by atoms with Crippen molar-refractivity contribution < 1.29 is 24.5 Å². The Labute approximate surface area is 379 Å². The first-order valence-corrected chi connectivity index (χ1v) is 26.7. The van der Waals surface area contributed by atoms with E-state index in [0.717, 1.165) is 51.4 Å². The number of carbonyl (C=O) groups is 2. The molecule has 0 aliphatic heterocycles. The fourth-order valence-electron chi connectivity index (χ4n) is 8.06. The van der Waals surface area contributed by atoms with Crippen molar-refractivity contribution >= 4 is 11.9 Å². The van der Waals surface area contributed by atoms with Gasteiger partial charge < -0.3 is 20.3 Å². The number of nitrogens with one attached hydrogen (secondary N) is 1. The summed E-state index contributed by atoms with van der Waals surface area (Å²) in [6.45, 7) is 4.80. The van der Waals surface area contributed by atoms with E-state index >= 15 is 0 Å². The van der Waals surface area contributed by atoms with Gasteiger partial charge in [-0.25, -0.2) is 0 Å². The Hall–Kier alpha value is -1.92. The van der Waals surface area contributed by atoms with Gasteiger partial charge in [-0.1, -0.05) is 230 Å². The van der Waals surface area contributed by atoms with Crippen molar-refractivity contribution in [3.05, 3.63) is 36.5 Å². The molecule has 0 aromatic rings. The van der Waals surface area contributed by atoms with Crippen molar-refractivity contribution in [3.8, 4) is 0 Å². The van der Waals surface area contributed by atoms with Gasteiger partial charge in [0.15, 0.2) is 0 Å². The van der Waals surface area contributed by atoms with E-state index in [1.165, 1.54) is 193 Å². The normalized spacial score (nSPS) is 12.9. The molecule has 2 unspecified atom stereocenters. The summed E-state index contributed by atoms with van der Waals surface area (Å²) in [5, 5.41) is 23.1. The number of carbonyl (C=O) groups excluding carboxylic acids is 2. The molecular formula is C55H103NO5. The van der Waals surface area contributed by atoms with Crippen LogP contribution in [0, 0.1) is 0 Å². The van der Waals surface area contributed by atoms with Crippen LogP contribution in [0.1, 0.15) is 277 Å². The molecule has 6 heteroatoms. The topological polar surface area (TPSA) is 95.9 Å². The van der Waals surface area contributed by atoms with E-state index in [2.05, 4.69) is 55.6 Å². The highest BCUT2D eigenvalue weighted by atomic mass is 16.5. The van der Waals surface area contributed by atoms with E-state index in [4.69, 9.17) is 4.74 Å². The van der Waals surface area contributed by atoms with Crippen LogP contribution in [-0.2, 0) is 14.3 Å². The molecule has 6 nitrogen and oxygen atoms in total. The van der Waals surface area contributed by atoms with Gasteiger partial charge in [0.1, 0.15) is 0 Å². The number of aliphatic hydroxyl groups is 2. The standard InChI is InChI=1S/C55H103NO5/c1-3-5-7-9-11-13-14-15-26-29-33-37-41-45-49-55(60)61-50-46-42-38-34-30-27-24-22-20-18-16-17-19-21-23-25-28-32-36-40-44-48-54(59)56-52(51-57)53(58)47-43-39-35-31-12-10-8-6-4-2/h14-15,27,30,38,42,52-53,57-58H,3-13,16-26,28-29,31-37,39-41,43-51H2,1-2H3,(H,56,59)/b15-14-,30-27-,42-38-. The third-order valence-electron chi connectivity index (χ3n) is 12.2. The predicted octanol–water partition coefficient (Wildman–Crippen LogP) is 16.1. The summed E-state index contributed by atoms with van der Waals surface area (Å²) in [7, 11) is 0. The minimum atomic E-state index is -0.665. The second-order valence-corrected chi connectivity index (χ2v) is 18.2. The lowest BCUT2D eigenvalue weighted by Gasteiger charge is -2.22. The molecule has 0 aliphatic carbocycles. The van der Waals surface area contributed by atoms with Crippen LogP contribution in [0.5, 0.6) is 0 Å². The van der Waals surface area contributed by atoms with Crippen LogP contribution < -0.4 is 5.32 Å². The Kier molecular flexibility index (Phi) is 49.1. The molecule has 0 heterocycles. The Bertz CT molecular complexity index is 993. The molecule has 2 atom stereocenters. The molecule has 0 fully saturated rings. The molecule has 61 heavy (non-hydrogen) atoms. The summed E-state index contributed by atoms with van der Waals surface area (Å²) in [4.78, 5) is 24.4. The number of amides is 1. The van der Waals surface area contributed by atoms with Gasteiger partial charge in [-0.2, -0.15) is 0 Å². The summed E-state index contributed by atoms with van der Waals surface area (Å²) in [5.41, 5.74) is 0. The second-order valence-electron chi connectivity index (χ2n) is 18.2. The molecule has 0 bridgehead atoms. The smallest absolute Gasteiger partial charge is 0.305 e. The van der Waals surface area contributed by atoms with E-state index in [9.17, 15) is 19.8 Å². The van der Waals surface area contributed by atoms with Crippen molar-refractivity contribution in [2.45, 2.75) is 289 Å². The van der Waals surface area contributed by atoms with Crippen molar-refractivity contribution in [3.63, 3.8) is 0 Å². The molecule has 0 aromatic carbocycles. The molecule has 0 aromatic heterocycles. The molecule has 0 radical (unpaired) electrons. The summed E-state index contributed by atoms with van der Waals surface area (Å²) in [6, 6.07) is -0.543. The van der Waals surface area contributed by atoms with Crippen LogP contribution in [0.3, 0.4) is 0 Å². The van der Waals surface area contributed by atoms with Gasteiger partial charge in [-0.05, 0) is 70.6 Å². The van der Waals surface area contributed by atoms with E-state index < -0.39 is 12.1 Å². The zero-order valence-electron chi connectivity index (χ0n) is 40.6. The van der Waals surface area contributed by atoms with Crippen molar-refractivity contribution in [2.75, 3.05) is 13.2 Å². The fraction of sp³-hybridized carbons (Fsp3) is 0.855. The lowest BCUT2D eigenvalue weighted by molar-refractivity contribution is -0.143. The monoisotopic (exact) mass is 858 g/mol. The Morgan fingerprint density at radius 3 is 1.26 bits per heavy atom. The molecule has 3 N–H and O–H groups in total. The van der Waals surface area contributed by atoms with Gasteiger partial charge in [0, 0.05) is 12.8 Å². The van der Waals surface area contributed by atoms with Crippen LogP contribution in [0.2, 0.25) is 0 Å². The minimum absolute atomic E-state index is 0.0429. The van der Waals surface area contributed by atoms with E-state index in [1.54, 1.807) is 0 Å². The number of hydrogen-bond acceptors (Lipinski definition) is 5. The summed E-state index contributed by atoms with van der Waals surface area (Å²) in [6.07, 6.45) is 61.5. The summed E-state index contributed by atoms with van der Waals surface area (Å²) < 4.78 is 5.40. The maximum atomic E-state index is 12.4. The molecule has 358 valence electrons. The van der Waals surface area contributed by atoms with Crippen molar-refractivity contribution in [1.29, 1.82) is 0 Å². The second kappa shape index (κ2) is 50.7. The van der Waals surface area contributed by atoms with E-state index in [0.29, 0.717) is 25.9 Å². The number of hydrogen-bond donors (Lipinski definition) is 3. The zero-order valence-corrected chi connectivity index (χ0v) is 40.6. The minimum Gasteiger partial charge on any atom is -0.465 e. The first-order chi connectivity index (χ1) is 30.0. The third-order valence-corrected chi connectivity index (χ3v) is 12.2. The van der Waals surface area contributed by atoms with Crippen LogP contribution in [0.25, 0.3) is 0 Å². The number of aliphatic hydroxyl groups excluding tert-OH is 2. The van der Waals surface area contributed by atoms with Gasteiger partial charge >= 0.3 is 5.97 Å². The van der Waals surface area contributed by atoms with Gasteiger partial charge in [0.2, 0.25) is 5.91 Å². The number of rotatable bonds is 49. The largest absolute Gasteiger partial charge is 0.465 e. The number of esters is 1. The third kappa shape index (κ3) is 47.4. The molecular weight excluding hydrogens is 755 g/mol. The lowest BCUT2D eigenvalue weighted by Crippen LogP contribution is -2.45. The SMILES string of the molecule is CCCCCCC/C=C\CCCCCCCC(=O)OCC/C=C\C/C=C\CCCCCCCCCCCCCCCCC(=O)NC(CO)C(O)CCCCCCCCCCC. The number of unbranched alkanes of at least 4 members (excludes halogenated alkanes) is 32. The fourth-order valence-corrected chi connectivity index (χ4v) is 8.06. The Morgan fingerprint density at radius 1 is 0.459 bits per heavy atom. The molecule has 1 amide bonds. The Balaban J connectivity index is 3.44. The van der Waals surface area contributed by atoms with E-state index in [-0.39, 0.29) is 18.5 Å². The zero-order chi connectivity index (χ0) is 44.4. The van der Waals surface area contributed by atoms with E-state index in [1.807, 2.05) is 0 Å². The van der Waals surface area contributed by atoms with Crippen LogP contribution in [0.4, 0.5) is 0 Å². The van der Waals surface area contributed by atoms with Gasteiger partial charge in [0.05, 0.1) is 25.4 Å². The van der Waals surface area contributed by atoms with Crippen molar-refractivity contribution in [2.24, 2.45) is 0 Å². The molecule has 0 spiro atoms. The average Bonchev–Trinajstić information content (AvgIpc) is 3.26. The lowest BCUT2D eigenvalue weighted by atomic mass is 10.0. The average molecular weight is 858 g/mol. The summed E-state index contributed by atoms with van der Waals surface area (Å²) in [5.74, 6) is -0.0872. The first-order valence-electron chi connectivity index (χ1n) is 26.7. The molecule has 0 saturated carbocycles. The first kappa shape index (κ1) is 59.1. The van der Waals surface area contributed by atoms with Crippen LogP contribution >= 0.6 is 0 Å². The predicted molar refractivity (Wildman–Crippen MR) is 264 cm³/mol. The summed E-state index contributed by atoms with van der Waals surface area (Å²) >= 11 is 0. The number of ether oxygens (including phenoxy) is 1. The highest BCUT2D eigenvalue weighted by molar-refractivity contribution is 5.76. The van der Waals surface area contributed by atoms with Crippen molar-refractivity contribution in [1.82, 2.24) is 5.32 Å². The quantitative estimate of drug-likeness (QED) is 0.0322. The van der Waals surface area contributed by atoms with Crippen LogP contribution in [0.15, 0.2) is 36.5 Å². The maximum Gasteiger partial charge on any atom is 0.305 e. The van der Waals surface area contributed by atoms with Crippen LogP contribution in [-0.4, -0.2) is 47.4 Å².